The van der Waals surface area contributed by atoms with E-state index in [4.69, 9.17) is 9.15 Å². The number of allylic oxidation sites excluding steroid dienone is 1. The molecule has 0 spiro atoms. The van der Waals surface area contributed by atoms with Crippen molar-refractivity contribution in [2.24, 2.45) is 0 Å². The summed E-state index contributed by atoms with van der Waals surface area (Å²) in [5, 5.41) is 3.29. The first-order valence-electron chi connectivity index (χ1n) is 8.88. The van der Waals surface area contributed by atoms with Crippen LogP contribution in [0.25, 0.3) is 11.5 Å². The molecule has 1 aliphatic rings. The minimum absolute atomic E-state index is 0.450. The molecule has 0 unspecified atom stereocenters. The molecule has 1 aromatic carbocycles. The van der Waals surface area contributed by atoms with Crippen LogP contribution in [0.4, 0.5) is 11.6 Å². The molecule has 2 aromatic heterocycles. The zero-order chi connectivity index (χ0) is 17.6. The van der Waals surface area contributed by atoms with Crippen LogP contribution in [0.2, 0.25) is 0 Å². The number of aryl methyl sites for hydroxylation is 1. The second-order valence-corrected chi connectivity index (χ2v) is 6.24. The van der Waals surface area contributed by atoms with Gasteiger partial charge in [-0.3, -0.25) is 0 Å². The van der Waals surface area contributed by atoms with Gasteiger partial charge in [-0.15, -0.1) is 0 Å². The summed E-state index contributed by atoms with van der Waals surface area (Å²) in [5.41, 5.74) is 3.03. The number of hydrogen-bond donors (Lipinski definition) is 1. The van der Waals surface area contributed by atoms with E-state index >= 15 is 0 Å². The SMILES string of the molecule is C1=C/COCc2ccc(o2)-c2ccnc(n2)Nc2cccc(c2)CCC/1. The normalized spacial score (nSPS) is 16.2. The van der Waals surface area contributed by atoms with Crippen LogP contribution in [0.5, 0.6) is 0 Å². The van der Waals surface area contributed by atoms with Crippen LogP contribution in [0, 0.1) is 0 Å². The molecule has 0 amide bonds. The Bertz CT molecular complexity index is 902. The fraction of sp³-hybridized carbons (Fsp3) is 0.238. The van der Waals surface area contributed by atoms with Gasteiger partial charge in [0.05, 0.1) is 6.61 Å². The van der Waals surface area contributed by atoms with Gasteiger partial charge < -0.3 is 14.5 Å². The Hall–Kier alpha value is -2.92. The van der Waals surface area contributed by atoms with Gasteiger partial charge >= 0.3 is 0 Å². The van der Waals surface area contributed by atoms with Gasteiger partial charge in [-0.1, -0.05) is 24.3 Å². The Morgan fingerprint density at radius 1 is 1.04 bits per heavy atom. The number of benzene rings is 1. The number of furan rings is 1. The highest BCUT2D eigenvalue weighted by molar-refractivity contribution is 5.58. The lowest BCUT2D eigenvalue weighted by molar-refractivity contribution is 0.132. The second-order valence-electron chi connectivity index (χ2n) is 6.24. The van der Waals surface area contributed by atoms with Gasteiger partial charge in [0, 0.05) is 11.9 Å². The highest BCUT2D eigenvalue weighted by Gasteiger charge is 2.08. The standard InChI is InChI=1S/C21H21N3O2/c1-2-4-13-25-15-18-9-10-20(26-18)19-11-12-22-21(24-19)23-17-8-5-7-16(14-17)6-3-1/h2,4-5,7-12,14H,1,3,6,13,15H2,(H,22,23,24)/b4-2+. The van der Waals surface area contributed by atoms with E-state index in [-0.39, 0.29) is 0 Å². The van der Waals surface area contributed by atoms with E-state index < -0.39 is 0 Å². The fourth-order valence-corrected chi connectivity index (χ4v) is 2.92. The Morgan fingerprint density at radius 3 is 3.04 bits per heavy atom. The Kier molecular flexibility index (Phi) is 5.07. The number of nitrogens with zero attached hydrogens (tertiary/aromatic N) is 2. The van der Waals surface area contributed by atoms with Crippen molar-refractivity contribution >= 4 is 11.6 Å². The summed E-state index contributed by atoms with van der Waals surface area (Å²) < 4.78 is 11.5. The number of fused-ring (bicyclic) bond motifs is 7. The molecule has 0 atom stereocenters. The number of ether oxygens (including phenoxy) is 1. The minimum Gasteiger partial charge on any atom is -0.457 e. The molecule has 26 heavy (non-hydrogen) atoms. The first kappa shape index (κ1) is 16.5. The average Bonchev–Trinajstić information content (AvgIpc) is 3.13. The maximum atomic E-state index is 5.84. The molecule has 3 heterocycles. The first-order chi connectivity index (χ1) is 12.9. The summed E-state index contributed by atoms with van der Waals surface area (Å²) in [6.07, 6.45) is 9.16. The fourth-order valence-electron chi connectivity index (χ4n) is 2.92. The largest absolute Gasteiger partial charge is 0.457 e. The van der Waals surface area contributed by atoms with E-state index in [1.165, 1.54) is 5.56 Å². The maximum absolute atomic E-state index is 5.84. The molecule has 0 fully saturated rings. The maximum Gasteiger partial charge on any atom is 0.227 e. The monoisotopic (exact) mass is 347 g/mol. The van der Waals surface area contributed by atoms with E-state index in [0.717, 1.165) is 36.4 Å². The number of hydrogen-bond acceptors (Lipinski definition) is 5. The van der Waals surface area contributed by atoms with Crippen molar-refractivity contribution in [2.45, 2.75) is 25.9 Å². The van der Waals surface area contributed by atoms with Crippen LogP contribution < -0.4 is 5.32 Å². The summed E-state index contributed by atoms with van der Waals surface area (Å²) in [7, 11) is 0. The molecule has 3 aromatic rings. The predicted molar refractivity (Wildman–Crippen MR) is 101 cm³/mol. The van der Waals surface area contributed by atoms with Gasteiger partial charge in [0.2, 0.25) is 5.95 Å². The number of anilines is 2. The molecule has 0 radical (unpaired) electrons. The van der Waals surface area contributed by atoms with Gasteiger partial charge in [0.25, 0.3) is 0 Å². The van der Waals surface area contributed by atoms with Gasteiger partial charge in [-0.2, -0.15) is 0 Å². The third kappa shape index (κ3) is 4.18. The molecule has 0 aliphatic carbocycles. The molecule has 5 heteroatoms. The molecule has 5 nitrogen and oxygen atoms in total. The third-order valence-electron chi connectivity index (χ3n) is 4.21. The smallest absolute Gasteiger partial charge is 0.227 e. The predicted octanol–water partition coefficient (Wildman–Crippen LogP) is 4.89. The lowest BCUT2D eigenvalue weighted by Crippen LogP contribution is -1.98. The molecule has 0 saturated heterocycles. The lowest BCUT2D eigenvalue weighted by atomic mass is 10.1. The van der Waals surface area contributed by atoms with E-state index in [9.17, 15) is 0 Å². The minimum atomic E-state index is 0.450. The molecule has 1 N–H and O–H groups in total. The third-order valence-corrected chi connectivity index (χ3v) is 4.21. The van der Waals surface area contributed by atoms with Crippen molar-refractivity contribution in [1.82, 2.24) is 9.97 Å². The number of nitrogens with one attached hydrogen (secondary N) is 1. The van der Waals surface area contributed by atoms with Crippen molar-refractivity contribution in [3.8, 4) is 11.5 Å². The van der Waals surface area contributed by atoms with Crippen LogP contribution in [-0.2, 0) is 17.8 Å². The van der Waals surface area contributed by atoms with E-state index in [0.29, 0.717) is 24.9 Å². The van der Waals surface area contributed by atoms with Gasteiger partial charge in [-0.05, 0) is 55.2 Å². The van der Waals surface area contributed by atoms with Crippen LogP contribution in [0.15, 0.2) is 65.2 Å². The van der Waals surface area contributed by atoms with Crippen molar-refractivity contribution in [3.05, 3.63) is 72.1 Å². The molecule has 4 rings (SSSR count). The molecule has 6 bridgehead atoms. The van der Waals surface area contributed by atoms with Gasteiger partial charge in [0.15, 0.2) is 5.76 Å². The topological polar surface area (TPSA) is 60.2 Å². The molecule has 0 saturated carbocycles. The second kappa shape index (κ2) is 7.97. The van der Waals surface area contributed by atoms with Crippen molar-refractivity contribution in [2.75, 3.05) is 11.9 Å². The zero-order valence-corrected chi connectivity index (χ0v) is 14.5. The summed E-state index contributed by atoms with van der Waals surface area (Å²) >= 11 is 0. The number of rotatable bonds is 0. The summed E-state index contributed by atoms with van der Waals surface area (Å²) in [6.45, 7) is 1.04. The number of aromatic nitrogens is 2. The van der Waals surface area contributed by atoms with E-state index in [2.05, 4.69) is 45.6 Å². The quantitative estimate of drug-likeness (QED) is 0.587. The average molecular weight is 347 g/mol. The van der Waals surface area contributed by atoms with Crippen LogP contribution in [0.3, 0.4) is 0 Å². The highest BCUT2D eigenvalue weighted by atomic mass is 16.5. The van der Waals surface area contributed by atoms with Crippen LogP contribution in [-0.4, -0.2) is 16.6 Å². The van der Waals surface area contributed by atoms with Crippen LogP contribution >= 0.6 is 0 Å². The summed E-state index contributed by atoms with van der Waals surface area (Å²) in [4.78, 5) is 8.89. The van der Waals surface area contributed by atoms with Crippen molar-refractivity contribution in [1.29, 1.82) is 0 Å². The zero-order valence-electron chi connectivity index (χ0n) is 14.5. The van der Waals surface area contributed by atoms with Gasteiger partial charge in [-0.25, -0.2) is 9.97 Å². The Labute approximate surface area is 152 Å². The van der Waals surface area contributed by atoms with E-state index in [1.54, 1.807) is 6.20 Å². The van der Waals surface area contributed by atoms with Crippen LogP contribution in [0.1, 0.15) is 24.2 Å². The van der Waals surface area contributed by atoms with Gasteiger partial charge in [0.1, 0.15) is 18.1 Å². The molecule has 1 aliphatic heterocycles. The lowest BCUT2D eigenvalue weighted by Gasteiger charge is -2.08. The first-order valence-corrected chi connectivity index (χ1v) is 8.88. The highest BCUT2D eigenvalue weighted by Crippen LogP contribution is 2.23. The summed E-state index contributed by atoms with van der Waals surface area (Å²) in [5.74, 6) is 2.05. The Morgan fingerprint density at radius 2 is 2.04 bits per heavy atom. The molecule has 132 valence electrons. The van der Waals surface area contributed by atoms with Crippen molar-refractivity contribution < 1.29 is 9.15 Å². The Balaban J connectivity index is 1.63. The molecular weight excluding hydrogens is 326 g/mol. The van der Waals surface area contributed by atoms with Crippen molar-refractivity contribution in [3.63, 3.8) is 0 Å². The summed E-state index contributed by atoms with van der Waals surface area (Å²) in [6, 6.07) is 14.1. The molecular formula is C21H21N3O2. The van der Waals surface area contributed by atoms with E-state index in [1.807, 2.05) is 24.3 Å².